The van der Waals surface area contributed by atoms with E-state index >= 15 is 0 Å². The molecule has 0 aromatic rings. The molecule has 0 saturated carbocycles. The van der Waals surface area contributed by atoms with Gasteiger partial charge in [-0.2, -0.15) is 0 Å². The molecule has 22 heavy (non-hydrogen) atoms. The molecular weight excluding hydrogens is 383 g/mol. The van der Waals surface area contributed by atoms with Crippen molar-refractivity contribution in [3.05, 3.63) is 0 Å². The fourth-order valence-electron chi connectivity index (χ4n) is 4.11. The molecule has 3 atom stereocenters. The second kappa shape index (κ2) is 7.26. The lowest BCUT2D eigenvalue weighted by Gasteiger charge is -2.37. The molecule has 2 nitrogen and oxygen atoms in total. The van der Waals surface area contributed by atoms with Gasteiger partial charge in [-0.25, -0.2) is 0 Å². The van der Waals surface area contributed by atoms with Gasteiger partial charge in [0, 0.05) is 28.1 Å². The van der Waals surface area contributed by atoms with Gasteiger partial charge in [-0.3, -0.25) is 9.80 Å². The summed E-state index contributed by atoms with van der Waals surface area (Å²) in [5, 5.41) is 0. The molecule has 2 rings (SSSR count). The zero-order valence-corrected chi connectivity index (χ0v) is 17.8. The summed E-state index contributed by atoms with van der Waals surface area (Å²) in [6.07, 6.45) is 5.56. The number of nitrogens with zero attached hydrogens (tertiary/aromatic N) is 2. The highest BCUT2D eigenvalue weighted by molar-refractivity contribution is 14.1. The summed E-state index contributed by atoms with van der Waals surface area (Å²) in [7, 11) is 0. The maximum absolute atomic E-state index is 2.77. The molecule has 2 saturated heterocycles. The smallest absolute Gasteiger partial charge is 0.0153 e. The van der Waals surface area contributed by atoms with Crippen LogP contribution in [0.25, 0.3) is 0 Å². The number of halogens is 1. The van der Waals surface area contributed by atoms with Gasteiger partial charge in [0.2, 0.25) is 0 Å². The summed E-state index contributed by atoms with van der Waals surface area (Å²) >= 11 is 2.61. The van der Waals surface area contributed by atoms with Crippen LogP contribution < -0.4 is 0 Å². The number of alkyl halides is 1. The molecule has 0 spiro atoms. The lowest BCUT2D eigenvalue weighted by atomic mass is 9.90. The molecule has 0 bridgehead atoms. The molecule has 0 N–H and O–H groups in total. The largest absolute Gasteiger partial charge is 0.298 e. The van der Waals surface area contributed by atoms with E-state index in [9.17, 15) is 0 Å². The van der Waals surface area contributed by atoms with Crippen LogP contribution in [-0.4, -0.2) is 51.0 Å². The normalized spacial score (nSPS) is 30.1. The molecule has 0 unspecified atom stereocenters. The van der Waals surface area contributed by atoms with Crippen molar-refractivity contribution in [3.8, 4) is 0 Å². The van der Waals surface area contributed by atoms with E-state index in [0.717, 1.165) is 15.8 Å². The average Bonchev–Trinajstić information content (AvgIpc) is 3.05. The van der Waals surface area contributed by atoms with Crippen LogP contribution in [0.4, 0.5) is 0 Å². The van der Waals surface area contributed by atoms with Crippen molar-refractivity contribution >= 4 is 22.6 Å². The highest BCUT2D eigenvalue weighted by Gasteiger charge is 2.36. The molecule has 3 heteroatoms. The summed E-state index contributed by atoms with van der Waals surface area (Å²) in [5.41, 5.74) is 0.734. The third-order valence-electron chi connectivity index (χ3n) is 6.13. The van der Waals surface area contributed by atoms with Crippen LogP contribution in [0.1, 0.15) is 67.2 Å². The zero-order chi connectivity index (χ0) is 16.5. The standard InChI is InChI=1S/C19H37IN2/c1-15(20)17-9-12-22(14-17)19(5,6)10-7-16-8-11-21(13-16)18(2,3)4/h15-17H,7-14H2,1-6H3/t15-,16+,17-/m1/s1. The molecule has 2 heterocycles. The van der Waals surface area contributed by atoms with Crippen molar-refractivity contribution in [2.45, 2.75) is 82.2 Å². The number of rotatable bonds is 5. The van der Waals surface area contributed by atoms with E-state index in [-0.39, 0.29) is 0 Å². The van der Waals surface area contributed by atoms with Crippen LogP contribution in [0.5, 0.6) is 0 Å². The quantitative estimate of drug-likeness (QED) is 0.465. The van der Waals surface area contributed by atoms with Crippen molar-refractivity contribution in [2.24, 2.45) is 11.8 Å². The highest BCUT2D eigenvalue weighted by Crippen LogP contribution is 2.34. The molecule has 0 aliphatic carbocycles. The van der Waals surface area contributed by atoms with Gasteiger partial charge in [-0.15, -0.1) is 0 Å². The lowest BCUT2D eigenvalue weighted by molar-refractivity contribution is 0.126. The second-order valence-electron chi connectivity index (χ2n) is 9.29. The number of hydrogen-bond acceptors (Lipinski definition) is 2. The van der Waals surface area contributed by atoms with Crippen molar-refractivity contribution in [2.75, 3.05) is 26.2 Å². The third kappa shape index (κ3) is 4.83. The van der Waals surface area contributed by atoms with Crippen LogP contribution in [-0.2, 0) is 0 Å². The van der Waals surface area contributed by atoms with Crippen LogP contribution in [0.3, 0.4) is 0 Å². The van der Waals surface area contributed by atoms with E-state index in [1.54, 1.807) is 0 Å². The van der Waals surface area contributed by atoms with E-state index < -0.39 is 0 Å². The van der Waals surface area contributed by atoms with Gasteiger partial charge in [-0.1, -0.05) is 29.5 Å². The maximum Gasteiger partial charge on any atom is 0.0153 e. The Balaban J connectivity index is 1.79. The topological polar surface area (TPSA) is 6.48 Å². The van der Waals surface area contributed by atoms with E-state index in [2.05, 4.69) is 73.9 Å². The minimum atomic E-state index is 0.350. The summed E-state index contributed by atoms with van der Waals surface area (Å²) < 4.78 is 0.813. The van der Waals surface area contributed by atoms with Gasteiger partial charge in [0.15, 0.2) is 0 Å². The van der Waals surface area contributed by atoms with Gasteiger partial charge >= 0.3 is 0 Å². The number of likely N-dealkylation sites (tertiary alicyclic amines) is 2. The van der Waals surface area contributed by atoms with E-state index in [4.69, 9.17) is 0 Å². The second-order valence-corrected chi connectivity index (χ2v) is 11.3. The van der Waals surface area contributed by atoms with Gasteiger partial charge < -0.3 is 0 Å². The Hall–Kier alpha value is 0.650. The Morgan fingerprint density at radius 3 is 2.14 bits per heavy atom. The molecule has 130 valence electrons. The SMILES string of the molecule is C[C@@H](I)[C@@H]1CCN(C(C)(C)CC[C@H]2CCN(C(C)(C)C)C2)C1. The zero-order valence-electron chi connectivity index (χ0n) is 15.7. The summed E-state index contributed by atoms with van der Waals surface area (Å²) in [5.74, 6) is 1.82. The summed E-state index contributed by atoms with van der Waals surface area (Å²) in [6, 6.07) is 0. The first-order valence-electron chi connectivity index (χ1n) is 9.24. The number of hydrogen-bond donors (Lipinski definition) is 0. The van der Waals surface area contributed by atoms with Gasteiger partial charge in [-0.05, 0) is 85.2 Å². The Labute approximate surface area is 152 Å². The minimum absolute atomic E-state index is 0.350. The molecule has 0 aromatic heterocycles. The maximum atomic E-state index is 2.77. The molecule has 2 aliphatic rings. The van der Waals surface area contributed by atoms with E-state index in [1.807, 2.05) is 0 Å². The third-order valence-corrected chi connectivity index (χ3v) is 7.15. The first-order chi connectivity index (χ1) is 10.1. The van der Waals surface area contributed by atoms with Crippen molar-refractivity contribution in [1.82, 2.24) is 9.80 Å². The molecule has 2 fully saturated rings. The first-order valence-corrected chi connectivity index (χ1v) is 10.5. The fraction of sp³-hybridized carbons (Fsp3) is 1.00. The summed E-state index contributed by atoms with van der Waals surface area (Å²) in [4.78, 5) is 5.44. The summed E-state index contributed by atoms with van der Waals surface area (Å²) in [6.45, 7) is 19.6. The Morgan fingerprint density at radius 2 is 1.64 bits per heavy atom. The molecule has 0 radical (unpaired) electrons. The van der Waals surface area contributed by atoms with Gasteiger partial charge in [0.05, 0.1) is 0 Å². The van der Waals surface area contributed by atoms with E-state index in [1.165, 1.54) is 51.9 Å². The van der Waals surface area contributed by atoms with Crippen molar-refractivity contribution in [3.63, 3.8) is 0 Å². The molecule has 0 amide bonds. The van der Waals surface area contributed by atoms with Crippen LogP contribution in [0.2, 0.25) is 0 Å². The Kier molecular flexibility index (Phi) is 6.27. The first kappa shape index (κ1) is 19.0. The van der Waals surface area contributed by atoms with E-state index in [0.29, 0.717) is 11.1 Å². The predicted octanol–water partition coefficient (Wildman–Crippen LogP) is 4.81. The van der Waals surface area contributed by atoms with Gasteiger partial charge in [0.1, 0.15) is 0 Å². The average molecular weight is 420 g/mol. The minimum Gasteiger partial charge on any atom is -0.298 e. The van der Waals surface area contributed by atoms with Crippen molar-refractivity contribution < 1.29 is 0 Å². The fourth-order valence-corrected chi connectivity index (χ4v) is 4.69. The Morgan fingerprint density at radius 1 is 1.00 bits per heavy atom. The molecule has 0 aromatic carbocycles. The van der Waals surface area contributed by atoms with Crippen LogP contribution >= 0.6 is 22.6 Å². The highest BCUT2D eigenvalue weighted by atomic mass is 127. The van der Waals surface area contributed by atoms with Crippen molar-refractivity contribution in [1.29, 1.82) is 0 Å². The lowest BCUT2D eigenvalue weighted by Crippen LogP contribution is -2.43. The predicted molar refractivity (Wildman–Crippen MR) is 106 cm³/mol. The Bertz CT molecular complexity index is 359. The molecular formula is C19H37IN2. The van der Waals surface area contributed by atoms with Gasteiger partial charge in [0.25, 0.3) is 0 Å². The molecule has 2 aliphatic heterocycles. The van der Waals surface area contributed by atoms with Crippen LogP contribution in [0.15, 0.2) is 0 Å². The monoisotopic (exact) mass is 420 g/mol. The van der Waals surface area contributed by atoms with Crippen LogP contribution in [0, 0.1) is 11.8 Å².